The van der Waals surface area contributed by atoms with Gasteiger partial charge in [-0.05, 0) is 43.6 Å². The topological polar surface area (TPSA) is 44.8 Å². The zero-order chi connectivity index (χ0) is 15.9. The number of rotatable bonds is 7. The largest absolute Gasteiger partial charge is 0.378 e. The Kier molecular flexibility index (Phi) is 6.21. The molecule has 0 saturated carbocycles. The number of hydrogen-bond donors (Lipinski definition) is 1. The molecule has 0 unspecified atom stereocenters. The van der Waals surface area contributed by atoms with Crippen molar-refractivity contribution < 1.29 is 9.53 Å². The summed E-state index contributed by atoms with van der Waals surface area (Å²) in [5.41, 5.74) is 2.44. The molecule has 0 aliphatic carbocycles. The smallest absolute Gasteiger partial charge is 0.246 e. The normalized spacial score (nSPS) is 16.5. The molecule has 0 aromatic heterocycles. The Morgan fingerprint density at radius 2 is 1.91 bits per heavy atom. The lowest BCUT2D eigenvalue weighted by atomic mass is 10.0. The summed E-state index contributed by atoms with van der Waals surface area (Å²) in [6.45, 7) is 2.94. The molecule has 1 fully saturated rings. The van der Waals surface area contributed by atoms with Crippen molar-refractivity contribution in [1.29, 1.82) is 0 Å². The fraction of sp³-hybridized carbons (Fsp3) is 0.588. The number of hydrogen-bond acceptors (Lipinski definition) is 4. The van der Waals surface area contributed by atoms with E-state index in [1.807, 2.05) is 14.1 Å². The number of nitrogens with zero attached hydrogens (tertiary/aromatic N) is 2. The number of amides is 1. The third-order valence-corrected chi connectivity index (χ3v) is 4.14. The first-order chi connectivity index (χ1) is 10.6. The van der Waals surface area contributed by atoms with Crippen molar-refractivity contribution >= 4 is 11.6 Å². The summed E-state index contributed by atoms with van der Waals surface area (Å²) in [6, 6.07) is 8.84. The Morgan fingerprint density at radius 3 is 2.45 bits per heavy atom. The van der Waals surface area contributed by atoms with Gasteiger partial charge in [-0.15, -0.1) is 0 Å². The molecule has 1 N–H and O–H groups in total. The predicted octanol–water partition coefficient (Wildman–Crippen LogP) is 1.65. The van der Waals surface area contributed by atoms with E-state index in [2.05, 4.69) is 39.4 Å². The molecule has 1 aromatic rings. The maximum Gasteiger partial charge on any atom is 0.246 e. The molecule has 1 amide bonds. The fourth-order valence-corrected chi connectivity index (χ4v) is 2.90. The van der Waals surface area contributed by atoms with E-state index in [1.165, 1.54) is 31.2 Å². The first kappa shape index (κ1) is 16.8. The fourth-order valence-electron chi connectivity index (χ4n) is 2.90. The van der Waals surface area contributed by atoms with E-state index in [9.17, 15) is 4.79 Å². The van der Waals surface area contributed by atoms with Crippen molar-refractivity contribution in [2.45, 2.75) is 18.9 Å². The summed E-state index contributed by atoms with van der Waals surface area (Å²) >= 11 is 0. The van der Waals surface area contributed by atoms with Gasteiger partial charge in [0.05, 0.1) is 6.04 Å². The monoisotopic (exact) mass is 305 g/mol. The maximum atomic E-state index is 11.7. The molecule has 0 bridgehead atoms. The third-order valence-electron chi connectivity index (χ3n) is 4.14. The van der Waals surface area contributed by atoms with Crippen LogP contribution < -0.4 is 10.2 Å². The van der Waals surface area contributed by atoms with E-state index < -0.39 is 0 Å². The lowest BCUT2D eigenvalue weighted by molar-refractivity contribution is -0.124. The molecule has 1 aliphatic rings. The number of methoxy groups -OCH3 is 1. The second-order valence-corrected chi connectivity index (χ2v) is 5.98. The van der Waals surface area contributed by atoms with E-state index in [-0.39, 0.29) is 18.6 Å². The van der Waals surface area contributed by atoms with Crippen LogP contribution in [0.2, 0.25) is 0 Å². The van der Waals surface area contributed by atoms with Crippen LogP contribution in [0.25, 0.3) is 0 Å². The van der Waals surface area contributed by atoms with Crippen molar-refractivity contribution in [3.8, 4) is 0 Å². The Hall–Kier alpha value is -1.59. The van der Waals surface area contributed by atoms with Crippen molar-refractivity contribution in [3.63, 3.8) is 0 Å². The van der Waals surface area contributed by atoms with Crippen molar-refractivity contribution in [3.05, 3.63) is 29.8 Å². The summed E-state index contributed by atoms with van der Waals surface area (Å²) < 4.78 is 4.88. The van der Waals surface area contributed by atoms with Gasteiger partial charge in [-0.2, -0.15) is 0 Å². The van der Waals surface area contributed by atoms with Gasteiger partial charge in [0.25, 0.3) is 0 Å². The highest BCUT2D eigenvalue weighted by Gasteiger charge is 2.23. The van der Waals surface area contributed by atoms with Gasteiger partial charge in [0.15, 0.2) is 0 Å². The minimum absolute atomic E-state index is 0.0587. The molecule has 0 spiro atoms. The Bertz CT molecular complexity index is 467. The molecule has 2 rings (SSSR count). The molecule has 0 radical (unpaired) electrons. The molecular weight excluding hydrogens is 278 g/mol. The minimum Gasteiger partial charge on any atom is -0.378 e. The summed E-state index contributed by atoms with van der Waals surface area (Å²) in [5.74, 6) is -0.0587. The highest BCUT2D eigenvalue weighted by atomic mass is 16.5. The maximum absolute atomic E-state index is 11.7. The molecule has 122 valence electrons. The van der Waals surface area contributed by atoms with Crippen LogP contribution in [-0.4, -0.2) is 58.3 Å². The van der Waals surface area contributed by atoms with Gasteiger partial charge in [0.1, 0.15) is 6.61 Å². The standard InChI is InChI=1S/C17H27N3O2/c1-19(2)15-8-6-14(7-9-15)16(20-10-4-5-11-20)12-18-17(21)13-22-3/h6-9,16H,4-5,10-13H2,1-3H3,(H,18,21)/t16-/m1/s1. The second kappa shape index (κ2) is 8.15. The Balaban J connectivity index is 2.07. The van der Waals surface area contributed by atoms with Crippen LogP contribution >= 0.6 is 0 Å². The van der Waals surface area contributed by atoms with Crippen LogP contribution in [0.1, 0.15) is 24.4 Å². The molecule has 5 nitrogen and oxygen atoms in total. The SMILES string of the molecule is COCC(=O)NC[C@H](c1ccc(N(C)C)cc1)N1CCCC1. The second-order valence-electron chi connectivity index (χ2n) is 5.98. The van der Waals surface area contributed by atoms with Crippen LogP contribution in [0.5, 0.6) is 0 Å². The van der Waals surface area contributed by atoms with Crippen molar-refractivity contribution in [1.82, 2.24) is 10.2 Å². The van der Waals surface area contributed by atoms with Gasteiger partial charge in [-0.3, -0.25) is 9.69 Å². The average molecular weight is 305 g/mol. The molecular formula is C17H27N3O2. The Labute approximate surface area is 133 Å². The molecule has 22 heavy (non-hydrogen) atoms. The van der Waals surface area contributed by atoms with Crippen LogP contribution in [0.3, 0.4) is 0 Å². The zero-order valence-electron chi connectivity index (χ0n) is 13.8. The summed E-state index contributed by atoms with van der Waals surface area (Å²) in [5, 5.41) is 2.98. The molecule has 5 heteroatoms. The predicted molar refractivity (Wildman–Crippen MR) is 89.2 cm³/mol. The summed E-state index contributed by atoms with van der Waals surface area (Å²) in [4.78, 5) is 16.2. The summed E-state index contributed by atoms with van der Waals surface area (Å²) in [6.07, 6.45) is 2.47. The molecule has 1 aliphatic heterocycles. The Morgan fingerprint density at radius 1 is 1.27 bits per heavy atom. The minimum atomic E-state index is -0.0587. The van der Waals surface area contributed by atoms with E-state index in [1.54, 1.807) is 0 Å². The number of ether oxygens (including phenoxy) is 1. The number of likely N-dealkylation sites (tertiary alicyclic amines) is 1. The number of nitrogens with one attached hydrogen (secondary N) is 1. The van der Waals surface area contributed by atoms with Gasteiger partial charge < -0.3 is 15.0 Å². The van der Waals surface area contributed by atoms with E-state index in [0.717, 1.165) is 13.1 Å². The zero-order valence-corrected chi connectivity index (χ0v) is 13.8. The summed E-state index contributed by atoms with van der Waals surface area (Å²) in [7, 11) is 5.62. The number of carbonyl (C=O) groups is 1. The van der Waals surface area contributed by atoms with Gasteiger partial charge in [0.2, 0.25) is 5.91 Å². The van der Waals surface area contributed by atoms with Crippen LogP contribution in [-0.2, 0) is 9.53 Å². The third kappa shape index (κ3) is 4.45. The van der Waals surface area contributed by atoms with Gasteiger partial charge in [0, 0.05) is 33.4 Å². The van der Waals surface area contributed by atoms with Crippen molar-refractivity contribution in [2.24, 2.45) is 0 Å². The van der Waals surface area contributed by atoms with E-state index >= 15 is 0 Å². The average Bonchev–Trinajstić information content (AvgIpc) is 3.02. The van der Waals surface area contributed by atoms with E-state index in [0.29, 0.717) is 6.54 Å². The quantitative estimate of drug-likeness (QED) is 0.832. The highest BCUT2D eigenvalue weighted by Crippen LogP contribution is 2.26. The molecule has 1 saturated heterocycles. The molecule has 1 aromatic carbocycles. The first-order valence-corrected chi connectivity index (χ1v) is 7.89. The first-order valence-electron chi connectivity index (χ1n) is 7.89. The van der Waals surface area contributed by atoms with Gasteiger partial charge >= 0.3 is 0 Å². The number of benzene rings is 1. The molecule has 1 atom stereocenters. The van der Waals surface area contributed by atoms with E-state index in [4.69, 9.17) is 4.74 Å². The highest BCUT2D eigenvalue weighted by molar-refractivity contribution is 5.77. The number of anilines is 1. The van der Waals surface area contributed by atoms with Crippen LogP contribution in [0.4, 0.5) is 5.69 Å². The van der Waals surface area contributed by atoms with Gasteiger partial charge in [-0.1, -0.05) is 12.1 Å². The van der Waals surface area contributed by atoms with Crippen LogP contribution in [0.15, 0.2) is 24.3 Å². The number of carbonyl (C=O) groups excluding carboxylic acids is 1. The van der Waals surface area contributed by atoms with Crippen LogP contribution in [0, 0.1) is 0 Å². The van der Waals surface area contributed by atoms with Crippen molar-refractivity contribution in [2.75, 3.05) is 52.3 Å². The van der Waals surface area contributed by atoms with Gasteiger partial charge in [-0.25, -0.2) is 0 Å². The lowest BCUT2D eigenvalue weighted by Gasteiger charge is -2.28. The lowest BCUT2D eigenvalue weighted by Crippen LogP contribution is -2.38. The molecule has 1 heterocycles.